The highest BCUT2D eigenvalue weighted by Crippen LogP contribution is 2.29. The Kier molecular flexibility index (Phi) is 4.48. The minimum Gasteiger partial charge on any atom is -0.477 e. The van der Waals surface area contributed by atoms with Crippen LogP contribution in [0.25, 0.3) is 0 Å². The summed E-state index contributed by atoms with van der Waals surface area (Å²) in [5, 5.41) is 12.2. The number of nitrogens with one attached hydrogen (secondary N) is 1. The second kappa shape index (κ2) is 5.80. The fraction of sp³-hybridized carbons (Fsp3) is 0.583. The van der Waals surface area contributed by atoms with Gasteiger partial charge in [-0.1, -0.05) is 0 Å². The standard InChI is InChI=1S/C12H18N2O4S2/c1-8-7-10(19-11(8)12(15)16)20(17,18)14(2)9-3-5-13-6-4-9/h7,9,13H,3-6H2,1-2H3,(H,15,16). The monoisotopic (exact) mass is 318 g/mol. The van der Waals surface area contributed by atoms with E-state index in [9.17, 15) is 13.2 Å². The topological polar surface area (TPSA) is 86.7 Å². The van der Waals surface area contributed by atoms with Gasteiger partial charge in [0, 0.05) is 13.1 Å². The number of thiophene rings is 1. The maximum absolute atomic E-state index is 12.5. The van der Waals surface area contributed by atoms with E-state index < -0.39 is 16.0 Å². The molecule has 1 saturated heterocycles. The lowest BCUT2D eigenvalue weighted by Crippen LogP contribution is -2.43. The predicted molar refractivity (Wildman–Crippen MR) is 76.9 cm³/mol. The molecule has 2 rings (SSSR count). The quantitative estimate of drug-likeness (QED) is 0.869. The summed E-state index contributed by atoms with van der Waals surface area (Å²) in [7, 11) is -2.04. The average molecular weight is 318 g/mol. The zero-order valence-electron chi connectivity index (χ0n) is 11.4. The molecule has 2 heterocycles. The molecular weight excluding hydrogens is 300 g/mol. The molecule has 1 aromatic rings. The van der Waals surface area contributed by atoms with Gasteiger partial charge in [-0.15, -0.1) is 11.3 Å². The van der Waals surface area contributed by atoms with Crippen molar-refractivity contribution in [2.75, 3.05) is 20.1 Å². The number of hydrogen-bond acceptors (Lipinski definition) is 5. The molecule has 6 nitrogen and oxygen atoms in total. The first kappa shape index (κ1) is 15.4. The molecule has 1 fully saturated rings. The van der Waals surface area contributed by atoms with Gasteiger partial charge in [0.15, 0.2) is 0 Å². The van der Waals surface area contributed by atoms with Crippen molar-refractivity contribution in [1.82, 2.24) is 9.62 Å². The zero-order chi connectivity index (χ0) is 14.9. The molecule has 1 aliphatic heterocycles. The third-order valence-electron chi connectivity index (χ3n) is 3.55. The van der Waals surface area contributed by atoms with E-state index in [2.05, 4.69) is 5.32 Å². The van der Waals surface area contributed by atoms with Crippen LogP contribution < -0.4 is 5.32 Å². The Hall–Kier alpha value is -0.960. The summed E-state index contributed by atoms with van der Waals surface area (Å²) in [4.78, 5) is 11.1. The molecule has 112 valence electrons. The fourth-order valence-corrected chi connectivity index (χ4v) is 5.28. The Morgan fingerprint density at radius 1 is 1.45 bits per heavy atom. The Bertz CT molecular complexity index is 603. The Labute approximate surface area is 122 Å². The van der Waals surface area contributed by atoms with E-state index in [1.54, 1.807) is 14.0 Å². The van der Waals surface area contributed by atoms with E-state index in [0.29, 0.717) is 5.56 Å². The summed E-state index contributed by atoms with van der Waals surface area (Å²) in [5.41, 5.74) is 0.486. The molecule has 0 aromatic carbocycles. The lowest BCUT2D eigenvalue weighted by molar-refractivity contribution is 0.0701. The molecule has 0 saturated carbocycles. The van der Waals surface area contributed by atoms with Crippen molar-refractivity contribution in [2.24, 2.45) is 0 Å². The van der Waals surface area contributed by atoms with Crippen LogP contribution in [0.15, 0.2) is 10.3 Å². The van der Waals surface area contributed by atoms with Crippen molar-refractivity contribution >= 4 is 27.3 Å². The number of carbonyl (C=O) groups is 1. The van der Waals surface area contributed by atoms with Crippen LogP contribution in [0.5, 0.6) is 0 Å². The minimum absolute atomic E-state index is 0.0306. The van der Waals surface area contributed by atoms with Gasteiger partial charge in [-0.05, 0) is 44.5 Å². The van der Waals surface area contributed by atoms with Gasteiger partial charge in [-0.2, -0.15) is 4.31 Å². The van der Waals surface area contributed by atoms with Gasteiger partial charge in [0.1, 0.15) is 9.09 Å². The van der Waals surface area contributed by atoms with Crippen LogP contribution in [0, 0.1) is 6.92 Å². The molecule has 20 heavy (non-hydrogen) atoms. The van der Waals surface area contributed by atoms with Crippen molar-refractivity contribution in [2.45, 2.75) is 30.0 Å². The Morgan fingerprint density at radius 2 is 2.05 bits per heavy atom. The normalized spacial score (nSPS) is 17.6. The zero-order valence-corrected chi connectivity index (χ0v) is 13.1. The van der Waals surface area contributed by atoms with E-state index in [0.717, 1.165) is 37.3 Å². The molecule has 0 unspecified atom stereocenters. The summed E-state index contributed by atoms with van der Waals surface area (Å²) in [5.74, 6) is -1.08. The number of carboxylic acids is 1. The van der Waals surface area contributed by atoms with Gasteiger partial charge in [0.2, 0.25) is 0 Å². The van der Waals surface area contributed by atoms with Gasteiger partial charge < -0.3 is 10.4 Å². The average Bonchev–Trinajstić information content (AvgIpc) is 2.82. The second-order valence-corrected chi connectivity index (χ2v) is 8.16. The van der Waals surface area contributed by atoms with Crippen LogP contribution in [-0.4, -0.2) is 50.0 Å². The lowest BCUT2D eigenvalue weighted by Gasteiger charge is -2.30. The smallest absolute Gasteiger partial charge is 0.346 e. The number of aromatic carboxylic acids is 1. The molecule has 0 aliphatic carbocycles. The fourth-order valence-electron chi connectivity index (χ4n) is 2.30. The lowest BCUT2D eigenvalue weighted by atomic mass is 10.1. The van der Waals surface area contributed by atoms with E-state index in [1.165, 1.54) is 10.4 Å². The van der Waals surface area contributed by atoms with Crippen LogP contribution in [0.3, 0.4) is 0 Å². The van der Waals surface area contributed by atoms with E-state index in [4.69, 9.17) is 5.11 Å². The number of carboxylic acid groups (broad SMARTS) is 1. The summed E-state index contributed by atoms with van der Waals surface area (Å²) < 4.78 is 26.6. The summed E-state index contributed by atoms with van der Waals surface area (Å²) in [6.07, 6.45) is 1.54. The molecule has 1 aromatic heterocycles. The largest absolute Gasteiger partial charge is 0.477 e. The third kappa shape index (κ3) is 2.88. The number of nitrogens with zero attached hydrogens (tertiary/aromatic N) is 1. The molecule has 0 bridgehead atoms. The van der Waals surface area contributed by atoms with Crippen LogP contribution in [0.2, 0.25) is 0 Å². The molecule has 0 radical (unpaired) electrons. The van der Waals surface area contributed by atoms with Crippen LogP contribution >= 0.6 is 11.3 Å². The predicted octanol–water partition coefficient (Wildman–Crippen LogP) is 1.13. The van der Waals surface area contributed by atoms with Crippen LogP contribution in [0.1, 0.15) is 28.1 Å². The maximum atomic E-state index is 12.5. The third-order valence-corrected chi connectivity index (χ3v) is 7.13. The van der Waals surface area contributed by atoms with Gasteiger partial charge in [0.05, 0.1) is 0 Å². The van der Waals surface area contributed by atoms with Crippen molar-refractivity contribution in [3.8, 4) is 0 Å². The highest BCUT2D eigenvalue weighted by molar-refractivity contribution is 7.91. The molecule has 0 atom stereocenters. The number of sulfonamides is 1. The van der Waals surface area contributed by atoms with Crippen molar-refractivity contribution < 1.29 is 18.3 Å². The number of piperidine rings is 1. The van der Waals surface area contributed by atoms with E-state index in [1.807, 2.05) is 0 Å². The number of aryl methyl sites for hydroxylation is 1. The molecule has 0 spiro atoms. The van der Waals surface area contributed by atoms with Crippen molar-refractivity contribution in [3.05, 3.63) is 16.5 Å². The Balaban J connectivity index is 2.29. The minimum atomic E-state index is -3.61. The van der Waals surface area contributed by atoms with Gasteiger partial charge in [-0.25, -0.2) is 13.2 Å². The number of hydrogen-bond donors (Lipinski definition) is 2. The highest BCUT2D eigenvalue weighted by atomic mass is 32.2. The van der Waals surface area contributed by atoms with E-state index in [-0.39, 0.29) is 15.1 Å². The van der Waals surface area contributed by atoms with Gasteiger partial charge in [0.25, 0.3) is 10.0 Å². The SMILES string of the molecule is Cc1cc(S(=O)(=O)N(C)C2CCNCC2)sc1C(=O)O. The summed E-state index contributed by atoms with van der Waals surface area (Å²) in [6.45, 7) is 3.21. The molecule has 2 N–H and O–H groups in total. The molecule has 0 amide bonds. The first-order valence-electron chi connectivity index (χ1n) is 6.36. The Morgan fingerprint density at radius 3 is 2.55 bits per heavy atom. The summed E-state index contributed by atoms with van der Waals surface area (Å²) >= 11 is 0.822. The second-order valence-electron chi connectivity index (χ2n) is 4.89. The number of rotatable bonds is 4. The summed E-state index contributed by atoms with van der Waals surface area (Å²) in [6, 6.07) is 1.41. The molecule has 8 heteroatoms. The van der Waals surface area contributed by atoms with Gasteiger partial charge in [-0.3, -0.25) is 0 Å². The first-order valence-corrected chi connectivity index (χ1v) is 8.62. The van der Waals surface area contributed by atoms with Crippen molar-refractivity contribution in [3.63, 3.8) is 0 Å². The highest BCUT2D eigenvalue weighted by Gasteiger charge is 2.31. The van der Waals surface area contributed by atoms with Gasteiger partial charge >= 0.3 is 5.97 Å². The van der Waals surface area contributed by atoms with Crippen molar-refractivity contribution in [1.29, 1.82) is 0 Å². The van der Waals surface area contributed by atoms with Crippen LogP contribution in [-0.2, 0) is 10.0 Å². The molecular formula is C12H18N2O4S2. The maximum Gasteiger partial charge on any atom is 0.346 e. The first-order chi connectivity index (χ1) is 9.34. The molecule has 1 aliphatic rings. The van der Waals surface area contributed by atoms with E-state index >= 15 is 0 Å². The van der Waals surface area contributed by atoms with Crippen LogP contribution in [0.4, 0.5) is 0 Å².